The molecular weight excluding hydrogens is 234 g/mol. The first kappa shape index (κ1) is 14.6. The first-order valence-electron chi connectivity index (χ1n) is 6.22. The van der Waals surface area contributed by atoms with Crippen LogP contribution in [-0.2, 0) is 14.4 Å². The van der Waals surface area contributed by atoms with Gasteiger partial charge in [0.15, 0.2) is 0 Å². The van der Waals surface area contributed by atoms with Crippen LogP contribution in [0.4, 0.5) is 0 Å². The first-order valence-corrected chi connectivity index (χ1v) is 6.22. The lowest BCUT2D eigenvalue weighted by Crippen LogP contribution is -2.42. The number of amides is 3. The number of hydrogen-bond donors (Lipinski definition) is 2. The molecule has 1 aliphatic heterocycles. The van der Waals surface area contributed by atoms with Crippen molar-refractivity contribution in [3.8, 4) is 0 Å². The largest absolute Gasteiger partial charge is 0.353 e. The zero-order valence-corrected chi connectivity index (χ0v) is 11.2. The number of nitrogens with one attached hydrogen (secondary N) is 2. The Morgan fingerprint density at radius 1 is 1.39 bits per heavy atom. The minimum Gasteiger partial charge on any atom is -0.353 e. The SMILES string of the molecule is CNCCNC(=O)CN1C(=O)CC(C(C)C)C1=O. The summed E-state index contributed by atoms with van der Waals surface area (Å²) in [6, 6.07) is 0. The highest BCUT2D eigenvalue weighted by atomic mass is 16.2. The van der Waals surface area contributed by atoms with E-state index in [0.29, 0.717) is 13.1 Å². The average Bonchev–Trinajstić information content (AvgIpc) is 2.57. The van der Waals surface area contributed by atoms with Crippen molar-refractivity contribution in [1.82, 2.24) is 15.5 Å². The monoisotopic (exact) mass is 255 g/mol. The standard InChI is InChI=1S/C12H21N3O3/c1-8(2)9-6-11(17)15(12(9)18)7-10(16)14-5-4-13-3/h8-9,13H,4-7H2,1-3H3,(H,14,16). The number of carbonyl (C=O) groups is 3. The summed E-state index contributed by atoms with van der Waals surface area (Å²) >= 11 is 0. The van der Waals surface area contributed by atoms with Gasteiger partial charge in [-0.2, -0.15) is 0 Å². The van der Waals surface area contributed by atoms with Gasteiger partial charge in [0.25, 0.3) is 0 Å². The minimum atomic E-state index is -0.295. The van der Waals surface area contributed by atoms with E-state index in [2.05, 4.69) is 10.6 Å². The molecule has 0 aromatic heterocycles. The van der Waals surface area contributed by atoms with Gasteiger partial charge >= 0.3 is 0 Å². The highest BCUT2D eigenvalue weighted by Crippen LogP contribution is 2.25. The molecule has 6 nitrogen and oxygen atoms in total. The Labute approximate surface area is 107 Å². The van der Waals surface area contributed by atoms with Crippen molar-refractivity contribution in [3.63, 3.8) is 0 Å². The maximum Gasteiger partial charge on any atom is 0.240 e. The molecule has 1 unspecified atom stereocenters. The average molecular weight is 255 g/mol. The maximum absolute atomic E-state index is 11.9. The second-order valence-corrected chi connectivity index (χ2v) is 4.83. The lowest BCUT2D eigenvalue weighted by molar-refractivity contribution is -0.143. The number of likely N-dealkylation sites (N-methyl/N-ethyl adjacent to an activating group) is 1. The number of hydrogen-bond acceptors (Lipinski definition) is 4. The van der Waals surface area contributed by atoms with E-state index in [4.69, 9.17) is 0 Å². The number of carbonyl (C=O) groups excluding carboxylic acids is 3. The third kappa shape index (κ3) is 3.53. The van der Waals surface area contributed by atoms with Crippen molar-refractivity contribution in [3.05, 3.63) is 0 Å². The summed E-state index contributed by atoms with van der Waals surface area (Å²) in [5.41, 5.74) is 0. The topological polar surface area (TPSA) is 78.5 Å². The molecule has 0 radical (unpaired) electrons. The predicted octanol–water partition coefficient (Wildman–Crippen LogP) is -0.647. The number of imide groups is 1. The van der Waals surface area contributed by atoms with Gasteiger partial charge in [-0.3, -0.25) is 19.3 Å². The molecular formula is C12H21N3O3. The second kappa shape index (κ2) is 6.49. The molecule has 1 saturated heterocycles. The Morgan fingerprint density at radius 2 is 2.06 bits per heavy atom. The van der Waals surface area contributed by atoms with Crippen LogP contribution in [0, 0.1) is 11.8 Å². The van der Waals surface area contributed by atoms with Gasteiger partial charge in [-0.1, -0.05) is 13.8 Å². The number of nitrogens with zero attached hydrogens (tertiary/aromatic N) is 1. The summed E-state index contributed by atoms with van der Waals surface area (Å²) in [6.07, 6.45) is 0.223. The molecule has 6 heteroatoms. The zero-order valence-electron chi connectivity index (χ0n) is 11.2. The van der Waals surface area contributed by atoms with E-state index in [1.54, 1.807) is 7.05 Å². The Bertz CT molecular complexity index is 341. The predicted molar refractivity (Wildman–Crippen MR) is 66.6 cm³/mol. The van der Waals surface area contributed by atoms with Crippen molar-refractivity contribution < 1.29 is 14.4 Å². The third-order valence-electron chi connectivity index (χ3n) is 3.08. The van der Waals surface area contributed by atoms with E-state index in [1.165, 1.54) is 0 Å². The van der Waals surface area contributed by atoms with E-state index in [1.807, 2.05) is 13.8 Å². The summed E-state index contributed by atoms with van der Waals surface area (Å²) in [5.74, 6) is -0.918. The van der Waals surface area contributed by atoms with Crippen LogP contribution in [0.3, 0.4) is 0 Å². The van der Waals surface area contributed by atoms with Gasteiger partial charge in [0, 0.05) is 25.4 Å². The Morgan fingerprint density at radius 3 is 2.56 bits per heavy atom. The summed E-state index contributed by atoms with van der Waals surface area (Å²) in [7, 11) is 1.78. The van der Waals surface area contributed by atoms with E-state index in [-0.39, 0.29) is 42.5 Å². The van der Waals surface area contributed by atoms with Gasteiger partial charge in [-0.05, 0) is 13.0 Å². The molecule has 18 heavy (non-hydrogen) atoms. The van der Waals surface area contributed by atoms with Gasteiger partial charge < -0.3 is 10.6 Å². The van der Waals surface area contributed by atoms with Crippen LogP contribution in [-0.4, -0.2) is 49.3 Å². The molecule has 1 aliphatic rings. The quantitative estimate of drug-likeness (QED) is 0.488. The van der Waals surface area contributed by atoms with Gasteiger partial charge in [0.1, 0.15) is 6.54 Å². The first-order chi connectivity index (χ1) is 8.47. The normalized spacial score (nSPS) is 19.8. The number of likely N-dealkylation sites (tertiary alicyclic amines) is 1. The van der Waals surface area contributed by atoms with Crippen LogP contribution in [0.2, 0.25) is 0 Å². The van der Waals surface area contributed by atoms with Crippen LogP contribution in [0.1, 0.15) is 20.3 Å². The maximum atomic E-state index is 11.9. The van der Waals surface area contributed by atoms with Crippen LogP contribution in [0.5, 0.6) is 0 Å². The summed E-state index contributed by atoms with van der Waals surface area (Å²) < 4.78 is 0. The van der Waals surface area contributed by atoms with Crippen LogP contribution >= 0.6 is 0 Å². The molecule has 0 saturated carbocycles. The van der Waals surface area contributed by atoms with E-state index >= 15 is 0 Å². The number of rotatable bonds is 6. The molecule has 0 aliphatic carbocycles. The van der Waals surface area contributed by atoms with Gasteiger partial charge in [-0.15, -0.1) is 0 Å². The van der Waals surface area contributed by atoms with E-state index < -0.39 is 0 Å². The minimum absolute atomic E-state index is 0.124. The van der Waals surface area contributed by atoms with Crippen molar-refractivity contribution in [1.29, 1.82) is 0 Å². The molecule has 102 valence electrons. The van der Waals surface area contributed by atoms with Crippen molar-refractivity contribution in [2.45, 2.75) is 20.3 Å². The van der Waals surface area contributed by atoms with E-state index in [9.17, 15) is 14.4 Å². The summed E-state index contributed by atoms with van der Waals surface area (Å²) in [5, 5.41) is 5.54. The van der Waals surface area contributed by atoms with Gasteiger partial charge in [-0.25, -0.2) is 0 Å². The highest BCUT2D eigenvalue weighted by Gasteiger charge is 2.40. The molecule has 1 atom stereocenters. The fourth-order valence-electron chi connectivity index (χ4n) is 1.92. The molecule has 0 aromatic rings. The molecule has 1 fully saturated rings. The van der Waals surface area contributed by atoms with Crippen LogP contribution in [0.25, 0.3) is 0 Å². The molecule has 1 heterocycles. The van der Waals surface area contributed by atoms with Crippen molar-refractivity contribution >= 4 is 17.7 Å². The Hall–Kier alpha value is -1.43. The molecule has 2 N–H and O–H groups in total. The van der Waals surface area contributed by atoms with Crippen LogP contribution in [0.15, 0.2) is 0 Å². The lowest BCUT2D eigenvalue weighted by Gasteiger charge is -2.16. The lowest BCUT2D eigenvalue weighted by atomic mass is 9.94. The van der Waals surface area contributed by atoms with Crippen LogP contribution < -0.4 is 10.6 Å². The molecule has 0 aromatic carbocycles. The third-order valence-corrected chi connectivity index (χ3v) is 3.08. The van der Waals surface area contributed by atoms with Crippen molar-refractivity contribution in [2.75, 3.05) is 26.7 Å². The molecule has 0 spiro atoms. The van der Waals surface area contributed by atoms with Crippen molar-refractivity contribution in [2.24, 2.45) is 11.8 Å². The summed E-state index contributed by atoms with van der Waals surface area (Å²) in [6.45, 7) is 4.80. The second-order valence-electron chi connectivity index (χ2n) is 4.83. The fourth-order valence-corrected chi connectivity index (χ4v) is 1.92. The highest BCUT2D eigenvalue weighted by molar-refractivity contribution is 6.06. The summed E-state index contributed by atoms with van der Waals surface area (Å²) in [4.78, 5) is 36.2. The molecule has 0 bridgehead atoms. The van der Waals surface area contributed by atoms with E-state index in [0.717, 1.165) is 4.90 Å². The van der Waals surface area contributed by atoms with Gasteiger partial charge in [0.05, 0.1) is 0 Å². The Kier molecular flexibility index (Phi) is 5.27. The molecule has 3 amide bonds. The molecule has 1 rings (SSSR count). The Balaban J connectivity index is 2.49. The fraction of sp³-hybridized carbons (Fsp3) is 0.750. The smallest absolute Gasteiger partial charge is 0.240 e. The zero-order chi connectivity index (χ0) is 13.7. The van der Waals surface area contributed by atoms with Gasteiger partial charge in [0.2, 0.25) is 17.7 Å².